The minimum atomic E-state index is -1.11. The lowest BCUT2D eigenvalue weighted by Crippen LogP contribution is -2.52. The Morgan fingerprint density at radius 1 is 1.26 bits per heavy atom. The van der Waals surface area contributed by atoms with Gasteiger partial charge in [-0.2, -0.15) is 0 Å². The van der Waals surface area contributed by atoms with Gasteiger partial charge >= 0.3 is 7.12 Å². The molecule has 0 saturated carbocycles. The number of hydrogen-bond donors (Lipinski definition) is 2. The standard InChI is InChI=1S/C18H22BN3O5/c1-12(23)11-14-7-8-15(19(25)27-14)20-16(24)9-10-17-21-22-18(26-17)13-5-3-2-4-6-13/h2-6,14-15,25H,7-11H2,1H3,(H,20,24)/t14-,15-/m0/s1. The molecule has 3 rings (SSSR count). The second-order valence-corrected chi connectivity index (χ2v) is 6.67. The van der Waals surface area contributed by atoms with Crippen LogP contribution in [0.1, 0.15) is 38.5 Å². The molecule has 1 aromatic heterocycles. The lowest BCUT2D eigenvalue weighted by Gasteiger charge is -2.31. The third-order valence-corrected chi connectivity index (χ3v) is 4.39. The number of carbonyl (C=O) groups excluding carboxylic acids is 2. The van der Waals surface area contributed by atoms with Gasteiger partial charge in [0.1, 0.15) is 5.78 Å². The van der Waals surface area contributed by atoms with Gasteiger partial charge in [0.25, 0.3) is 0 Å². The molecule has 2 atom stereocenters. The van der Waals surface area contributed by atoms with Crippen LogP contribution in [0.2, 0.25) is 0 Å². The Hall–Kier alpha value is -2.52. The van der Waals surface area contributed by atoms with Crippen molar-refractivity contribution in [3.63, 3.8) is 0 Å². The number of carbonyl (C=O) groups is 2. The zero-order valence-electron chi connectivity index (χ0n) is 15.1. The summed E-state index contributed by atoms with van der Waals surface area (Å²) in [6, 6.07) is 9.40. The summed E-state index contributed by atoms with van der Waals surface area (Å²) in [5, 5.41) is 20.7. The first kappa shape index (κ1) is 19.3. The summed E-state index contributed by atoms with van der Waals surface area (Å²) in [6.07, 6.45) is 1.63. The molecule has 0 bridgehead atoms. The van der Waals surface area contributed by atoms with Crippen molar-refractivity contribution in [1.29, 1.82) is 0 Å². The molecule has 142 valence electrons. The van der Waals surface area contributed by atoms with E-state index in [1.54, 1.807) is 0 Å². The molecule has 1 amide bonds. The van der Waals surface area contributed by atoms with Gasteiger partial charge in [-0.15, -0.1) is 10.2 Å². The minimum absolute atomic E-state index is 0.0177. The summed E-state index contributed by atoms with van der Waals surface area (Å²) in [4.78, 5) is 23.3. The third kappa shape index (κ3) is 5.48. The van der Waals surface area contributed by atoms with E-state index in [4.69, 9.17) is 9.07 Å². The quantitative estimate of drug-likeness (QED) is 0.706. The molecule has 2 heterocycles. The molecule has 1 saturated heterocycles. The van der Waals surface area contributed by atoms with Gasteiger partial charge in [0.05, 0.1) is 5.94 Å². The predicted molar refractivity (Wildman–Crippen MR) is 97.4 cm³/mol. The summed E-state index contributed by atoms with van der Waals surface area (Å²) in [6.45, 7) is 1.49. The van der Waals surface area contributed by atoms with Crippen molar-refractivity contribution in [1.82, 2.24) is 15.5 Å². The van der Waals surface area contributed by atoms with Crippen LogP contribution in [0.15, 0.2) is 34.7 Å². The van der Waals surface area contributed by atoms with E-state index in [1.165, 1.54) is 6.92 Å². The largest absolute Gasteiger partial charge is 0.478 e. The van der Waals surface area contributed by atoms with Crippen LogP contribution < -0.4 is 5.32 Å². The van der Waals surface area contributed by atoms with Gasteiger partial charge < -0.3 is 19.4 Å². The van der Waals surface area contributed by atoms with Crippen LogP contribution in [-0.2, 0) is 20.7 Å². The molecule has 1 aliphatic heterocycles. The summed E-state index contributed by atoms with van der Waals surface area (Å²) in [5.74, 6) is 0.101. The number of nitrogens with one attached hydrogen (secondary N) is 1. The van der Waals surface area contributed by atoms with Crippen molar-refractivity contribution in [3.8, 4) is 11.5 Å². The van der Waals surface area contributed by atoms with E-state index < -0.39 is 13.1 Å². The highest BCUT2D eigenvalue weighted by Crippen LogP contribution is 2.20. The predicted octanol–water partition coefficient (Wildman–Crippen LogP) is 1.33. The number of ketones is 1. The van der Waals surface area contributed by atoms with Gasteiger partial charge in [-0.05, 0) is 31.9 Å². The van der Waals surface area contributed by atoms with Crippen molar-refractivity contribution in [2.45, 2.75) is 51.1 Å². The Kier molecular flexibility index (Phi) is 6.36. The second kappa shape index (κ2) is 8.92. The van der Waals surface area contributed by atoms with Crippen molar-refractivity contribution in [2.24, 2.45) is 0 Å². The van der Waals surface area contributed by atoms with E-state index in [0.29, 0.717) is 31.0 Å². The molecular formula is C18H22BN3O5. The first-order valence-corrected chi connectivity index (χ1v) is 9.01. The highest BCUT2D eigenvalue weighted by molar-refractivity contribution is 6.45. The molecule has 1 aromatic carbocycles. The van der Waals surface area contributed by atoms with Crippen LogP contribution in [0.4, 0.5) is 0 Å². The average molecular weight is 371 g/mol. The van der Waals surface area contributed by atoms with E-state index >= 15 is 0 Å². The first-order chi connectivity index (χ1) is 13.0. The van der Waals surface area contributed by atoms with Crippen LogP contribution >= 0.6 is 0 Å². The number of aryl methyl sites for hydroxylation is 1. The fourth-order valence-electron chi connectivity index (χ4n) is 3.03. The van der Waals surface area contributed by atoms with Gasteiger partial charge in [-0.3, -0.25) is 9.59 Å². The lowest BCUT2D eigenvalue weighted by molar-refractivity contribution is -0.122. The Labute approximate surface area is 157 Å². The number of aromatic nitrogens is 2. The maximum atomic E-state index is 12.1. The number of benzene rings is 1. The first-order valence-electron chi connectivity index (χ1n) is 9.01. The molecule has 0 unspecified atom stereocenters. The molecule has 0 spiro atoms. The molecule has 0 radical (unpaired) electrons. The molecule has 27 heavy (non-hydrogen) atoms. The van der Waals surface area contributed by atoms with Crippen LogP contribution in [-0.4, -0.2) is 46.1 Å². The van der Waals surface area contributed by atoms with Gasteiger partial charge in [0, 0.05) is 30.9 Å². The smallest absolute Gasteiger partial charge is 0.426 e. The van der Waals surface area contributed by atoms with E-state index in [9.17, 15) is 14.6 Å². The zero-order chi connectivity index (χ0) is 19.2. The Morgan fingerprint density at radius 2 is 2.04 bits per heavy atom. The van der Waals surface area contributed by atoms with E-state index in [2.05, 4.69) is 15.5 Å². The Balaban J connectivity index is 1.45. The minimum Gasteiger partial charge on any atom is -0.426 e. The van der Waals surface area contributed by atoms with Crippen LogP contribution in [0.5, 0.6) is 0 Å². The topological polar surface area (TPSA) is 115 Å². The molecule has 1 aliphatic rings. The number of amides is 1. The SMILES string of the molecule is CC(=O)C[C@@H]1CC[C@H](NC(=O)CCc2nnc(-c3ccccc3)o2)B(O)O1. The van der Waals surface area contributed by atoms with Gasteiger partial charge in [-0.25, -0.2) is 0 Å². The monoisotopic (exact) mass is 371 g/mol. The third-order valence-electron chi connectivity index (χ3n) is 4.39. The molecule has 8 nitrogen and oxygen atoms in total. The maximum Gasteiger partial charge on any atom is 0.478 e. The second-order valence-electron chi connectivity index (χ2n) is 6.67. The van der Waals surface area contributed by atoms with Crippen molar-refractivity contribution in [3.05, 3.63) is 36.2 Å². The normalized spacial score (nSPS) is 19.7. The fourth-order valence-corrected chi connectivity index (χ4v) is 3.03. The van der Waals surface area contributed by atoms with Crippen LogP contribution in [0.25, 0.3) is 11.5 Å². The van der Waals surface area contributed by atoms with Crippen LogP contribution in [0.3, 0.4) is 0 Å². The van der Waals surface area contributed by atoms with E-state index in [-0.39, 0.29) is 30.6 Å². The molecule has 9 heteroatoms. The van der Waals surface area contributed by atoms with Crippen LogP contribution in [0, 0.1) is 0 Å². The molecular weight excluding hydrogens is 349 g/mol. The fraction of sp³-hybridized carbons (Fsp3) is 0.444. The highest BCUT2D eigenvalue weighted by Gasteiger charge is 2.36. The van der Waals surface area contributed by atoms with Gasteiger partial charge in [-0.1, -0.05) is 18.2 Å². The summed E-state index contributed by atoms with van der Waals surface area (Å²) in [5.41, 5.74) is 0.822. The van der Waals surface area contributed by atoms with Crippen molar-refractivity contribution in [2.75, 3.05) is 0 Å². The van der Waals surface area contributed by atoms with Crippen molar-refractivity contribution < 1.29 is 23.7 Å². The summed E-state index contributed by atoms with van der Waals surface area (Å²) < 4.78 is 11.0. The average Bonchev–Trinajstić information content (AvgIpc) is 3.12. The maximum absolute atomic E-state index is 12.1. The van der Waals surface area contributed by atoms with Gasteiger partial charge in [0.2, 0.25) is 17.7 Å². The van der Waals surface area contributed by atoms with Gasteiger partial charge in [0.15, 0.2) is 0 Å². The molecule has 0 aliphatic carbocycles. The molecule has 2 N–H and O–H groups in total. The number of nitrogens with zero attached hydrogens (tertiary/aromatic N) is 2. The summed E-state index contributed by atoms with van der Waals surface area (Å²) in [7, 11) is -1.11. The number of rotatable bonds is 7. The van der Waals surface area contributed by atoms with Crippen molar-refractivity contribution >= 4 is 18.8 Å². The molecule has 2 aromatic rings. The highest BCUT2D eigenvalue weighted by atomic mass is 16.5. The summed E-state index contributed by atoms with van der Waals surface area (Å²) >= 11 is 0. The van der Waals surface area contributed by atoms with E-state index in [0.717, 1.165) is 5.56 Å². The zero-order valence-corrected chi connectivity index (χ0v) is 15.1. The Bertz CT molecular complexity index is 782. The number of Topliss-reactive ketones (excluding diaryl/α,β-unsaturated/α-hetero) is 1. The number of hydrogen-bond acceptors (Lipinski definition) is 7. The van der Waals surface area contributed by atoms with E-state index in [1.807, 2.05) is 30.3 Å². The Morgan fingerprint density at radius 3 is 2.74 bits per heavy atom. The lowest BCUT2D eigenvalue weighted by atomic mass is 9.72. The molecule has 1 fully saturated rings.